The SMILES string of the molecule is CCCC[C@H](CC(=O)NOCc1ccccc1)C(=O)N1C[C@H](O)C[C@H]1C(=O)OC(C)(C)C. The van der Waals surface area contributed by atoms with Gasteiger partial charge in [0.15, 0.2) is 0 Å². The Hall–Kier alpha value is -2.45. The minimum atomic E-state index is -0.849. The molecule has 0 spiro atoms. The first kappa shape index (κ1) is 25.8. The zero-order valence-electron chi connectivity index (χ0n) is 19.5. The van der Waals surface area contributed by atoms with Crippen LogP contribution in [-0.4, -0.2) is 52.1 Å². The first-order valence-electron chi connectivity index (χ1n) is 11.3. The van der Waals surface area contributed by atoms with Crippen LogP contribution in [0.25, 0.3) is 0 Å². The van der Waals surface area contributed by atoms with E-state index in [4.69, 9.17) is 9.57 Å². The first-order chi connectivity index (χ1) is 15.1. The van der Waals surface area contributed by atoms with Gasteiger partial charge in [-0.2, -0.15) is 0 Å². The number of carbonyl (C=O) groups is 3. The molecule has 32 heavy (non-hydrogen) atoms. The number of ether oxygens (including phenoxy) is 1. The molecule has 0 aromatic heterocycles. The van der Waals surface area contributed by atoms with Gasteiger partial charge < -0.3 is 14.7 Å². The summed E-state index contributed by atoms with van der Waals surface area (Å²) in [6.07, 6.45) is 1.42. The monoisotopic (exact) mass is 448 g/mol. The molecular weight excluding hydrogens is 412 g/mol. The normalized spacial score (nSPS) is 19.5. The molecule has 0 unspecified atom stereocenters. The van der Waals surface area contributed by atoms with Crippen LogP contribution in [0, 0.1) is 5.92 Å². The van der Waals surface area contributed by atoms with Crippen LogP contribution < -0.4 is 5.48 Å². The van der Waals surface area contributed by atoms with Gasteiger partial charge in [-0.15, -0.1) is 0 Å². The van der Waals surface area contributed by atoms with Crippen LogP contribution in [0.5, 0.6) is 0 Å². The number of benzene rings is 1. The third-order valence-electron chi connectivity index (χ3n) is 5.20. The molecule has 1 fully saturated rings. The Morgan fingerprint density at radius 1 is 1.22 bits per heavy atom. The third kappa shape index (κ3) is 8.24. The molecule has 1 aromatic rings. The molecule has 8 heteroatoms. The van der Waals surface area contributed by atoms with Gasteiger partial charge >= 0.3 is 5.97 Å². The zero-order chi connectivity index (χ0) is 23.7. The van der Waals surface area contributed by atoms with E-state index in [9.17, 15) is 19.5 Å². The number of amides is 2. The van der Waals surface area contributed by atoms with E-state index >= 15 is 0 Å². The highest BCUT2D eigenvalue weighted by Gasteiger charge is 2.43. The van der Waals surface area contributed by atoms with Gasteiger partial charge in [-0.25, -0.2) is 10.3 Å². The number of nitrogens with one attached hydrogen (secondary N) is 1. The molecule has 1 aromatic carbocycles. The van der Waals surface area contributed by atoms with E-state index < -0.39 is 35.5 Å². The first-order valence-corrected chi connectivity index (χ1v) is 11.3. The molecule has 1 saturated heterocycles. The smallest absolute Gasteiger partial charge is 0.329 e. The number of hydrogen-bond donors (Lipinski definition) is 2. The maximum atomic E-state index is 13.3. The molecule has 1 aliphatic rings. The molecule has 0 bridgehead atoms. The molecular formula is C24H36N2O6. The number of carbonyl (C=O) groups excluding carboxylic acids is 3. The predicted molar refractivity (Wildman–Crippen MR) is 119 cm³/mol. The minimum Gasteiger partial charge on any atom is -0.458 e. The summed E-state index contributed by atoms with van der Waals surface area (Å²) >= 11 is 0. The lowest BCUT2D eigenvalue weighted by Gasteiger charge is -2.29. The van der Waals surface area contributed by atoms with Crippen LogP contribution in [0.1, 0.15) is 65.4 Å². The van der Waals surface area contributed by atoms with E-state index in [2.05, 4.69) is 5.48 Å². The minimum absolute atomic E-state index is 0.0531. The highest BCUT2D eigenvalue weighted by Crippen LogP contribution is 2.26. The zero-order valence-corrected chi connectivity index (χ0v) is 19.5. The van der Waals surface area contributed by atoms with Crippen molar-refractivity contribution in [1.29, 1.82) is 0 Å². The van der Waals surface area contributed by atoms with Crippen molar-refractivity contribution in [1.82, 2.24) is 10.4 Å². The van der Waals surface area contributed by atoms with Crippen molar-refractivity contribution in [2.45, 2.75) is 84.2 Å². The number of β-amino-alcohol motifs (C(OH)–C–C–N with tert-alkyl or cyclic N) is 1. The van der Waals surface area contributed by atoms with Crippen molar-refractivity contribution < 1.29 is 29.1 Å². The Labute approximate surface area is 190 Å². The second-order valence-corrected chi connectivity index (χ2v) is 9.27. The van der Waals surface area contributed by atoms with E-state index in [0.717, 1.165) is 18.4 Å². The lowest BCUT2D eigenvalue weighted by atomic mass is 9.96. The Morgan fingerprint density at radius 3 is 2.53 bits per heavy atom. The number of hydrogen-bond acceptors (Lipinski definition) is 6. The average molecular weight is 449 g/mol. The molecule has 3 atom stereocenters. The molecule has 2 N–H and O–H groups in total. The maximum absolute atomic E-state index is 13.3. The van der Waals surface area contributed by atoms with Gasteiger partial charge in [0.25, 0.3) is 0 Å². The summed E-state index contributed by atoms with van der Waals surface area (Å²) in [5, 5.41) is 10.1. The standard InChI is InChI=1S/C24H36N2O6/c1-5-6-12-18(13-21(28)25-31-16-17-10-8-7-9-11-17)22(29)26-15-19(27)14-20(26)23(30)32-24(2,3)4/h7-11,18-20,27H,5-6,12-16H2,1-4H3,(H,25,28)/t18-,19-,20+/m1/s1. The molecule has 2 rings (SSSR count). The number of nitrogens with zero attached hydrogens (tertiary/aromatic N) is 1. The van der Waals surface area contributed by atoms with E-state index in [0.29, 0.717) is 6.42 Å². The van der Waals surface area contributed by atoms with Gasteiger partial charge in [0.2, 0.25) is 11.8 Å². The fourth-order valence-corrected chi connectivity index (χ4v) is 3.69. The number of unbranched alkanes of at least 4 members (excludes halogenated alkanes) is 1. The summed E-state index contributed by atoms with van der Waals surface area (Å²) in [6, 6.07) is 8.58. The Kier molecular flexibility index (Phi) is 9.65. The summed E-state index contributed by atoms with van der Waals surface area (Å²) in [5.41, 5.74) is 2.62. The topological polar surface area (TPSA) is 105 Å². The van der Waals surface area contributed by atoms with Crippen molar-refractivity contribution in [3.8, 4) is 0 Å². The summed E-state index contributed by atoms with van der Waals surface area (Å²) in [6.45, 7) is 7.55. The van der Waals surface area contributed by atoms with Gasteiger partial charge in [0, 0.05) is 25.3 Å². The highest BCUT2D eigenvalue weighted by atomic mass is 16.6. The molecule has 1 aliphatic heterocycles. The van der Waals surface area contributed by atoms with E-state index in [1.54, 1.807) is 20.8 Å². The third-order valence-corrected chi connectivity index (χ3v) is 5.20. The van der Waals surface area contributed by atoms with Crippen LogP contribution in [0.4, 0.5) is 0 Å². The molecule has 0 radical (unpaired) electrons. The molecule has 178 valence electrons. The number of hydroxylamine groups is 1. The fraction of sp³-hybridized carbons (Fsp3) is 0.625. The maximum Gasteiger partial charge on any atom is 0.329 e. The number of esters is 1. The van der Waals surface area contributed by atoms with Crippen LogP contribution >= 0.6 is 0 Å². The van der Waals surface area contributed by atoms with E-state index in [1.807, 2.05) is 37.3 Å². The summed E-state index contributed by atoms with van der Waals surface area (Å²) in [4.78, 5) is 45.0. The molecule has 0 aliphatic carbocycles. The predicted octanol–water partition coefficient (Wildman–Crippen LogP) is 2.73. The van der Waals surface area contributed by atoms with Crippen molar-refractivity contribution in [2.24, 2.45) is 5.92 Å². The van der Waals surface area contributed by atoms with Gasteiger partial charge in [-0.1, -0.05) is 50.1 Å². The van der Waals surface area contributed by atoms with Crippen LogP contribution in [-0.2, 0) is 30.6 Å². The van der Waals surface area contributed by atoms with E-state index in [1.165, 1.54) is 4.90 Å². The van der Waals surface area contributed by atoms with Crippen molar-refractivity contribution in [3.05, 3.63) is 35.9 Å². The Balaban J connectivity index is 2.00. The Bertz CT molecular complexity index is 762. The fourth-order valence-electron chi connectivity index (χ4n) is 3.69. The molecule has 2 amide bonds. The average Bonchev–Trinajstić information content (AvgIpc) is 3.12. The van der Waals surface area contributed by atoms with Crippen LogP contribution in [0.2, 0.25) is 0 Å². The largest absolute Gasteiger partial charge is 0.458 e. The highest BCUT2D eigenvalue weighted by molar-refractivity contribution is 5.89. The number of rotatable bonds is 10. The van der Waals surface area contributed by atoms with Gasteiger partial charge in [-0.05, 0) is 32.8 Å². The Morgan fingerprint density at radius 2 is 1.91 bits per heavy atom. The molecule has 0 saturated carbocycles. The number of aliphatic hydroxyl groups is 1. The van der Waals surface area contributed by atoms with Gasteiger partial charge in [0.05, 0.1) is 12.7 Å². The van der Waals surface area contributed by atoms with Gasteiger partial charge in [-0.3, -0.25) is 14.4 Å². The second kappa shape index (κ2) is 12.0. The van der Waals surface area contributed by atoms with Crippen molar-refractivity contribution in [3.63, 3.8) is 0 Å². The van der Waals surface area contributed by atoms with Gasteiger partial charge in [0.1, 0.15) is 11.6 Å². The quantitative estimate of drug-likeness (QED) is 0.421. The van der Waals surface area contributed by atoms with Crippen LogP contribution in [0.3, 0.4) is 0 Å². The number of likely N-dealkylation sites (tertiary alicyclic amines) is 1. The van der Waals surface area contributed by atoms with Crippen molar-refractivity contribution >= 4 is 17.8 Å². The summed E-state index contributed by atoms with van der Waals surface area (Å²) in [7, 11) is 0. The number of aliphatic hydroxyl groups excluding tert-OH is 1. The lowest BCUT2D eigenvalue weighted by molar-refractivity contribution is -0.164. The molecule has 8 nitrogen and oxygen atoms in total. The molecule has 1 heterocycles. The lowest BCUT2D eigenvalue weighted by Crippen LogP contribution is -2.46. The van der Waals surface area contributed by atoms with Crippen LogP contribution in [0.15, 0.2) is 30.3 Å². The van der Waals surface area contributed by atoms with E-state index in [-0.39, 0.29) is 31.9 Å². The summed E-state index contributed by atoms with van der Waals surface area (Å²) in [5.74, 6) is -1.86. The second-order valence-electron chi connectivity index (χ2n) is 9.27. The van der Waals surface area contributed by atoms with Crippen molar-refractivity contribution in [2.75, 3.05) is 6.54 Å². The summed E-state index contributed by atoms with van der Waals surface area (Å²) < 4.78 is 5.44.